The number of nitrogens with one attached hydrogen (secondary N) is 1. The van der Waals surface area contributed by atoms with Gasteiger partial charge in [-0.25, -0.2) is 13.1 Å². The van der Waals surface area contributed by atoms with Crippen molar-refractivity contribution in [2.24, 2.45) is 16.6 Å². The van der Waals surface area contributed by atoms with Gasteiger partial charge in [-0.05, 0) is 41.9 Å². The summed E-state index contributed by atoms with van der Waals surface area (Å²) in [6.07, 6.45) is 0.446. The second-order valence-corrected chi connectivity index (χ2v) is 10.4. The molecule has 2 aromatic rings. The van der Waals surface area contributed by atoms with Gasteiger partial charge in [0.2, 0.25) is 22.8 Å². The van der Waals surface area contributed by atoms with Gasteiger partial charge in [0.25, 0.3) is 0 Å². The van der Waals surface area contributed by atoms with Crippen LogP contribution in [-0.2, 0) is 25.0 Å². The van der Waals surface area contributed by atoms with Gasteiger partial charge in [-0.2, -0.15) is 8.42 Å². The minimum Gasteiger partial charge on any atom is -0.493 e. The molecule has 0 unspecified atom stereocenters. The first kappa shape index (κ1) is 26.2. The van der Waals surface area contributed by atoms with Crippen LogP contribution in [-0.4, -0.2) is 49.3 Å². The highest BCUT2D eigenvalue weighted by atomic mass is 32.2. The van der Waals surface area contributed by atoms with Crippen molar-refractivity contribution in [2.45, 2.75) is 30.1 Å². The highest BCUT2D eigenvalue weighted by Gasteiger charge is 2.36. The van der Waals surface area contributed by atoms with Crippen molar-refractivity contribution < 1.29 is 40.1 Å². The summed E-state index contributed by atoms with van der Waals surface area (Å²) in [5.74, 6) is -0.0248. The SMILES string of the molecule is CCNS(=O)(=O)c1c(S(=O)(=O)Oc2cc(C)cc(OCCCON=C(N)N)c2)ccc2c1OCO2. The van der Waals surface area contributed by atoms with Gasteiger partial charge in [0.15, 0.2) is 16.4 Å². The number of hydrogen-bond acceptors (Lipinski definition) is 10. The van der Waals surface area contributed by atoms with Crippen molar-refractivity contribution in [2.75, 3.05) is 26.6 Å². The van der Waals surface area contributed by atoms with Crippen LogP contribution >= 0.6 is 0 Å². The first-order valence-electron chi connectivity index (χ1n) is 10.4. The molecule has 0 fully saturated rings. The third-order valence-electron chi connectivity index (χ3n) is 4.38. The summed E-state index contributed by atoms with van der Waals surface area (Å²) in [6, 6.07) is 6.91. The normalized spacial score (nSPS) is 12.7. The number of hydrogen-bond donors (Lipinski definition) is 3. The third kappa shape index (κ3) is 6.58. The fourth-order valence-electron chi connectivity index (χ4n) is 3.09. The molecule has 1 heterocycles. The molecule has 5 N–H and O–H groups in total. The van der Waals surface area contributed by atoms with Gasteiger partial charge < -0.3 is 34.7 Å². The van der Waals surface area contributed by atoms with Crippen molar-refractivity contribution in [3.8, 4) is 23.0 Å². The summed E-state index contributed by atoms with van der Waals surface area (Å²) in [7, 11) is -8.87. The number of guanidine groups is 1. The summed E-state index contributed by atoms with van der Waals surface area (Å²) in [5, 5.41) is 3.39. The van der Waals surface area contributed by atoms with Crippen LogP contribution in [0.4, 0.5) is 0 Å². The van der Waals surface area contributed by atoms with Crippen LogP contribution in [0.3, 0.4) is 0 Å². The van der Waals surface area contributed by atoms with Crippen LogP contribution in [0.2, 0.25) is 0 Å². The molecule has 0 saturated heterocycles. The van der Waals surface area contributed by atoms with E-state index in [1.54, 1.807) is 19.9 Å². The van der Waals surface area contributed by atoms with Crippen molar-refractivity contribution in [1.82, 2.24) is 4.72 Å². The molecule has 15 heteroatoms. The highest BCUT2D eigenvalue weighted by Crippen LogP contribution is 2.42. The average Bonchev–Trinajstić information content (AvgIpc) is 3.23. The van der Waals surface area contributed by atoms with Crippen molar-refractivity contribution in [1.29, 1.82) is 0 Å². The van der Waals surface area contributed by atoms with Crippen LogP contribution in [0.1, 0.15) is 18.9 Å². The Morgan fingerprint density at radius 2 is 1.83 bits per heavy atom. The minimum absolute atomic E-state index is 0.0305. The molecule has 0 amide bonds. The number of rotatable bonds is 12. The van der Waals surface area contributed by atoms with Crippen molar-refractivity contribution >= 4 is 26.1 Å². The number of oxime groups is 1. The summed E-state index contributed by atoms with van der Waals surface area (Å²) in [4.78, 5) is 3.69. The standard InChI is InChI=1S/C20H26N4O9S2/c1-3-23-34(25,26)19-17(6-5-16-18(19)31-12-30-16)35(27,28)33-15-10-13(2)9-14(11-15)29-7-4-8-32-24-20(21)22/h5-6,9-11,23H,3-4,7-8,12H2,1-2H3,(H4,21,22,24). The van der Waals surface area contributed by atoms with Crippen LogP contribution < -0.4 is 34.6 Å². The van der Waals surface area contributed by atoms with Gasteiger partial charge >= 0.3 is 10.1 Å². The van der Waals surface area contributed by atoms with Crippen LogP contribution in [0.15, 0.2) is 45.3 Å². The molecule has 35 heavy (non-hydrogen) atoms. The van der Waals surface area contributed by atoms with E-state index in [0.717, 1.165) is 6.07 Å². The summed E-state index contributed by atoms with van der Waals surface area (Å²) < 4.78 is 75.7. The number of nitrogens with zero attached hydrogens (tertiary/aromatic N) is 1. The van der Waals surface area contributed by atoms with Crippen LogP contribution in [0.25, 0.3) is 0 Å². The Hall–Kier alpha value is -3.43. The Morgan fingerprint density at radius 1 is 1.09 bits per heavy atom. The lowest BCUT2D eigenvalue weighted by Crippen LogP contribution is -2.26. The Labute approximate surface area is 203 Å². The number of fused-ring (bicyclic) bond motifs is 1. The topological polar surface area (TPSA) is 191 Å². The molecule has 0 saturated carbocycles. The van der Waals surface area contributed by atoms with E-state index < -0.39 is 29.9 Å². The first-order valence-corrected chi connectivity index (χ1v) is 13.2. The smallest absolute Gasteiger partial charge is 0.340 e. The zero-order valence-electron chi connectivity index (χ0n) is 19.0. The molecule has 0 radical (unpaired) electrons. The molecule has 13 nitrogen and oxygen atoms in total. The zero-order chi connectivity index (χ0) is 25.6. The lowest BCUT2D eigenvalue weighted by molar-refractivity contribution is 0.127. The van der Waals surface area contributed by atoms with E-state index in [1.165, 1.54) is 18.2 Å². The Morgan fingerprint density at radius 3 is 2.54 bits per heavy atom. The Balaban J connectivity index is 1.84. The maximum Gasteiger partial charge on any atom is 0.340 e. The molecule has 0 aliphatic carbocycles. The number of benzene rings is 2. The lowest BCUT2D eigenvalue weighted by atomic mass is 10.2. The summed E-state index contributed by atoms with van der Waals surface area (Å²) in [5.41, 5.74) is 11.0. The largest absolute Gasteiger partial charge is 0.493 e. The number of ether oxygens (including phenoxy) is 3. The van der Waals surface area contributed by atoms with Gasteiger partial charge in [0.1, 0.15) is 23.0 Å². The molecule has 1 aliphatic heterocycles. The summed E-state index contributed by atoms with van der Waals surface area (Å²) >= 11 is 0. The maximum atomic E-state index is 13.2. The van der Waals surface area contributed by atoms with E-state index in [1.807, 2.05) is 0 Å². The van der Waals surface area contributed by atoms with E-state index in [2.05, 4.69) is 9.88 Å². The molecule has 0 bridgehead atoms. The molecular formula is C20H26N4O9S2. The van der Waals surface area contributed by atoms with E-state index >= 15 is 0 Å². The molecule has 3 rings (SSSR count). The number of nitrogens with two attached hydrogens (primary N) is 2. The average molecular weight is 531 g/mol. The van der Waals surface area contributed by atoms with Gasteiger partial charge in [0.05, 0.1) is 6.61 Å². The van der Waals surface area contributed by atoms with E-state index in [0.29, 0.717) is 17.7 Å². The van der Waals surface area contributed by atoms with Crippen LogP contribution in [0, 0.1) is 6.92 Å². The fourth-order valence-corrected chi connectivity index (χ4v) is 5.98. The first-order chi connectivity index (χ1) is 16.5. The summed E-state index contributed by atoms with van der Waals surface area (Å²) in [6.45, 7) is 3.49. The van der Waals surface area contributed by atoms with Gasteiger partial charge in [-0.15, -0.1) is 0 Å². The quantitative estimate of drug-likeness (QED) is 0.115. The zero-order valence-corrected chi connectivity index (χ0v) is 20.6. The lowest BCUT2D eigenvalue weighted by Gasteiger charge is -2.15. The fraction of sp³-hybridized carbons (Fsp3) is 0.350. The second-order valence-electron chi connectivity index (χ2n) is 7.20. The van der Waals surface area contributed by atoms with Gasteiger partial charge in [0, 0.05) is 19.0 Å². The monoisotopic (exact) mass is 530 g/mol. The Bertz CT molecular complexity index is 1310. The van der Waals surface area contributed by atoms with E-state index in [-0.39, 0.29) is 49.8 Å². The molecule has 0 aromatic heterocycles. The maximum absolute atomic E-state index is 13.2. The van der Waals surface area contributed by atoms with E-state index in [9.17, 15) is 16.8 Å². The third-order valence-corrected chi connectivity index (χ3v) is 7.41. The molecule has 0 atom stereocenters. The minimum atomic E-state index is -4.61. The van der Waals surface area contributed by atoms with E-state index in [4.69, 9.17) is 34.7 Å². The van der Waals surface area contributed by atoms with Crippen LogP contribution in [0.5, 0.6) is 23.0 Å². The molecule has 2 aromatic carbocycles. The number of sulfonamides is 1. The van der Waals surface area contributed by atoms with Crippen molar-refractivity contribution in [3.05, 3.63) is 35.9 Å². The molecule has 192 valence electrons. The predicted molar refractivity (Wildman–Crippen MR) is 124 cm³/mol. The van der Waals surface area contributed by atoms with Crippen molar-refractivity contribution in [3.63, 3.8) is 0 Å². The number of aryl methyl sites for hydroxylation is 1. The Kier molecular flexibility index (Phi) is 8.14. The van der Waals surface area contributed by atoms with Gasteiger partial charge in [-0.1, -0.05) is 6.92 Å². The predicted octanol–water partition coefficient (Wildman–Crippen LogP) is 0.764. The molecule has 1 aliphatic rings. The highest BCUT2D eigenvalue weighted by molar-refractivity contribution is 7.91. The van der Waals surface area contributed by atoms with Gasteiger partial charge in [-0.3, -0.25) is 0 Å². The second kappa shape index (κ2) is 10.9. The molecule has 0 spiro atoms. The molecular weight excluding hydrogens is 504 g/mol.